The van der Waals surface area contributed by atoms with Crippen LogP contribution in [0.1, 0.15) is 27.2 Å². The molecule has 1 unspecified atom stereocenters. The van der Waals surface area contributed by atoms with Crippen LogP contribution in [-0.2, 0) is 14.6 Å². The molecule has 6 heteroatoms. The SMILES string of the molecule is CC(C)(C)NC(=O)CS(=O)(=O)C1CCNC1. The molecule has 1 aliphatic heterocycles. The van der Waals surface area contributed by atoms with Gasteiger partial charge in [-0.05, 0) is 33.7 Å². The Balaban J connectivity index is 2.56. The van der Waals surface area contributed by atoms with Crippen molar-refractivity contribution in [2.45, 2.75) is 38.0 Å². The van der Waals surface area contributed by atoms with E-state index < -0.39 is 26.7 Å². The lowest BCUT2D eigenvalue weighted by molar-refractivity contribution is -0.120. The van der Waals surface area contributed by atoms with Crippen LogP contribution in [0.3, 0.4) is 0 Å². The van der Waals surface area contributed by atoms with Crippen molar-refractivity contribution >= 4 is 15.7 Å². The zero-order valence-electron chi connectivity index (χ0n) is 10.0. The van der Waals surface area contributed by atoms with Crippen molar-refractivity contribution in [1.29, 1.82) is 0 Å². The van der Waals surface area contributed by atoms with Crippen LogP contribution in [-0.4, -0.2) is 44.0 Å². The van der Waals surface area contributed by atoms with Gasteiger partial charge in [-0.1, -0.05) is 0 Å². The number of hydrogen-bond donors (Lipinski definition) is 2. The van der Waals surface area contributed by atoms with E-state index in [1.54, 1.807) is 0 Å². The van der Waals surface area contributed by atoms with E-state index in [1.807, 2.05) is 20.8 Å². The summed E-state index contributed by atoms with van der Waals surface area (Å²) in [6, 6.07) is 0. The minimum Gasteiger partial charge on any atom is -0.351 e. The molecule has 5 nitrogen and oxygen atoms in total. The van der Waals surface area contributed by atoms with Crippen LogP contribution in [0.2, 0.25) is 0 Å². The third-order valence-electron chi connectivity index (χ3n) is 2.37. The van der Waals surface area contributed by atoms with Crippen LogP contribution in [0.25, 0.3) is 0 Å². The van der Waals surface area contributed by atoms with Gasteiger partial charge in [0, 0.05) is 12.1 Å². The van der Waals surface area contributed by atoms with Crippen LogP contribution < -0.4 is 10.6 Å². The van der Waals surface area contributed by atoms with Crippen molar-refractivity contribution in [3.63, 3.8) is 0 Å². The summed E-state index contributed by atoms with van der Waals surface area (Å²) < 4.78 is 23.7. The molecule has 1 rings (SSSR count). The minimum atomic E-state index is -3.31. The van der Waals surface area contributed by atoms with E-state index in [-0.39, 0.29) is 5.54 Å². The van der Waals surface area contributed by atoms with Crippen LogP contribution in [0.15, 0.2) is 0 Å². The summed E-state index contributed by atoms with van der Waals surface area (Å²) in [4.78, 5) is 11.5. The molecule has 0 bridgehead atoms. The first-order valence-electron chi connectivity index (χ1n) is 5.44. The summed E-state index contributed by atoms with van der Waals surface area (Å²) in [5.41, 5.74) is -0.388. The molecule has 0 aliphatic carbocycles. The van der Waals surface area contributed by atoms with Crippen molar-refractivity contribution in [2.75, 3.05) is 18.8 Å². The predicted molar refractivity (Wildman–Crippen MR) is 63.0 cm³/mol. The highest BCUT2D eigenvalue weighted by atomic mass is 32.2. The number of nitrogens with one attached hydrogen (secondary N) is 2. The van der Waals surface area contributed by atoms with Gasteiger partial charge in [-0.2, -0.15) is 0 Å². The fourth-order valence-corrected chi connectivity index (χ4v) is 3.21. The molecule has 1 fully saturated rings. The third kappa shape index (κ3) is 4.09. The molecular formula is C10H20N2O3S. The second-order valence-electron chi connectivity index (χ2n) is 5.22. The normalized spacial score (nSPS) is 22.1. The molecule has 94 valence electrons. The molecule has 1 aliphatic rings. The molecular weight excluding hydrogens is 228 g/mol. The van der Waals surface area contributed by atoms with E-state index >= 15 is 0 Å². The first kappa shape index (κ1) is 13.4. The van der Waals surface area contributed by atoms with E-state index in [1.165, 1.54) is 0 Å². The summed E-state index contributed by atoms with van der Waals surface area (Å²) in [5.74, 6) is -0.823. The van der Waals surface area contributed by atoms with Gasteiger partial charge in [-0.3, -0.25) is 4.79 Å². The quantitative estimate of drug-likeness (QED) is 0.717. The van der Waals surface area contributed by atoms with Crippen molar-refractivity contribution < 1.29 is 13.2 Å². The van der Waals surface area contributed by atoms with Crippen molar-refractivity contribution in [3.05, 3.63) is 0 Å². The van der Waals surface area contributed by atoms with Gasteiger partial charge in [0.05, 0.1) is 5.25 Å². The summed E-state index contributed by atoms with van der Waals surface area (Å²) in [6.07, 6.45) is 0.602. The second-order valence-corrected chi connectivity index (χ2v) is 7.50. The highest BCUT2D eigenvalue weighted by molar-refractivity contribution is 7.92. The Morgan fingerprint density at radius 3 is 2.50 bits per heavy atom. The summed E-state index contributed by atoms with van der Waals surface area (Å²) in [5, 5.41) is 5.24. The van der Waals surface area contributed by atoms with Gasteiger partial charge in [-0.25, -0.2) is 8.42 Å². The molecule has 0 aromatic carbocycles. The van der Waals surface area contributed by atoms with Gasteiger partial charge in [-0.15, -0.1) is 0 Å². The number of sulfone groups is 1. The summed E-state index contributed by atoms with van der Waals surface area (Å²) in [6.45, 7) is 6.66. The topological polar surface area (TPSA) is 75.3 Å². The van der Waals surface area contributed by atoms with E-state index in [2.05, 4.69) is 10.6 Å². The number of carbonyl (C=O) groups is 1. The molecule has 1 atom stereocenters. The molecule has 1 heterocycles. The highest BCUT2D eigenvalue weighted by Gasteiger charge is 2.31. The molecule has 16 heavy (non-hydrogen) atoms. The predicted octanol–water partition coefficient (Wildman–Crippen LogP) is -0.322. The Morgan fingerprint density at radius 1 is 1.44 bits per heavy atom. The van der Waals surface area contributed by atoms with Gasteiger partial charge in [0.1, 0.15) is 5.75 Å². The molecule has 0 radical (unpaired) electrons. The molecule has 0 saturated carbocycles. The smallest absolute Gasteiger partial charge is 0.235 e. The lowest BCUT2D eigenvalue weighted by atomic mass is 10.1. The first-order valence-corrected chi connectivity index (χ1v) is 7.15. The highest BCUT2D eigenvalue weighted by Crippen LogP contribution is 2.11. The number of rotatable bonds is 3. The second kappa shape index (κ2) is 4.71. The maximum absolute atomic E-state index is 11.8. The molecule has 0 spiro atoms. The van der Waals surface area contributed by atoms with Gasteiger partial charge >= 0.3 is 0 Å². The zero-order valence-corrected chi connectivity index (χ0v) is 10.9. The Bertz CT molecular complexity index is 351. The number of carbonyl (C=O) groups excluding carboxylic acids is 1. The van der Waals surface area contributed by atoms with E-state index in [9.17, 15) is 13.2 Å². The lowest BCUT2D eigenvalue weighted by Crippen LogP contribution is -2.44. The number of hydrogen-bond acceptors (Lipinski definition) is 4. The molecule has 1 amide bonds. The Morgan fingerprint density at radius 2 is 2.06 bits per heavy atom. The fraction of sp³-hybridized carbons (Fsp3) is 0.900. The van der Waals surface area contributed by atoms with Gasteiger partial charge in [0.2, 0.25) is 5.91 Å². The van der Waals surface area contributed by atoms with E-state index in [0.29, 0.717) is 19.5 Å². The van der Waals surface area contributed by atoms with E-state index in [0.717, 1.165) is 0 Å². The van der Waals surface area contributed by atoms with Crippen LogP contribution >= 0.6 is 0 Å². The first-order chi connectivity index (χ1) is 7.21. The van der Waals surface area contributed by atoms with Crippen molar-refractivity contribution in [3.8, 4) is 0 Å². The van der Waals surface area contributed by atoms with E-state index in [4.69, 9.17) is 0 Å². The Hall–Kier alpha value is -0.620. The monoisotopic (exact) mass is 248 g/mol. The van der Waals surface area contributed by atoms with Crippen LogP contribution in [0.5, 0.6) is 0 Å². The fourth-order valence-electron chi connectivity index (χ4n) is 1.69. The molecule has 1 saturated heterocycles. The van der Waals surface area contributed by atoms with Gasteiger partial charge in [0.25, 0.3) is 0 Å². The molecule has 0 aromatic rings. The largest absolute Gasteiger partial charge is 0.351 e. The Labute approximate surface area is 96.9 Å². The average Bonchev–Trinajstić information content (AvgIpc) is 2.49. The standard InChI is InChI=1S/C10H20N2O3S/c1-10(2,3)12-9(13)7-16(14,15)8-4-5-11-6-8/h8,11H,4-7H2,1-3H3,(H,12,13). The Kier molecular flexibility index (Phi) is 3.96. The van der Waals surface area contributed by atoms with Crippen LogP contribution in [0.4, 0.5) is 0 Å². The maximum Gasteiger partial charge on any atom is 0.235 e. The van der Waals surface area contributed by atoms with Crippen molar-refractivity contribution in [1.82, 2.24) is 10.6 Å². The average molecular weight is 248 g/mol. The molecule has 0 aromatic heterocycles. The maximum atomic E-state index is 11.8. The minimum absolute atomic E-state index is 0.388. The van der Waals surface area contributed by atoms with Crippen molar-refractivity contribution in [2.24, 2.45) is 0 Å². The van der Waals surface area contributed by atoms with Gasteiger partial charge < -0.3 is 10.6 Å². The summed E-state index contributed by atoms with van der Waals surface area (Å²) >= 11 is 0. The summed E-state index contributed by atoms with van der Waals surface area (Å²) in [7, 11) is -3.31. The zero-order chi connectivity index (χ0) is 12.4. The third-order valence-corrected chi connectivity index (χ3v) is 4.45. The van der Waals surface area contributed by atoms with Crippen LogP contribution in [0, 0.1) is 0 Å². The lowest BCUT2D eigenvalue weighted by Gasteiger charge is -2.21. The molecule has 2 N–H and O–H groups in total. The number of amides is 1. The van der Waals surface area contributed by atoms with Gasteiger partial charge in [0.15, 0.2) is 9.84 Å².